The fourth-order valence-corrected chi connectivity index (χ4v) is 1.27. The lowest BCUT2D eigenvalue weighted by molar-refractivity contribution is 0.365. The molecular weight excluding hydrogens is 152 g/mol. The number of rotatable bonds is 1. The molecule has 0 atom stereocenters. The third-order valence-electron chi connectivity index (χ3n) is 2.04. The molecule has 0 spiro atoms. The molecule has 0 amide bonds. The normalized spacial score (nSPS) is 19.2. The van der Waals surface area contributed by atoms with Gasteiger partial charge in [-0.05, 0) is 13.1 Å². The monoisotopic (exact) mass is 163 g/mol. The first-order chi connectivity index (χ1) is 5.86. The van der Waals surface area contributed by atoms with E-state index in [1.165, 1.54) is 12.0 Å². The number of hydrogen-bond donors (Lipinski definition) is 0. The fraction of sp³-hybridized carbons (Fsp3) is 0.500. The molecule has 0 aromatic carbocycles. The molecule has 0 saturated heterocycles. The fourth-order valence-electron chi connectivity index (χ4n) is 1.27. The first-order valence-electron chi connectivity index (χ1n) is 4.02. The average Bonchev–Trinajstić information content (AvgIpc) is 2.58. The van der Waals surface area contributed by atoms with Gasteiger partial charge in [0.1, 0.15) is 6.33 Å². The Morgan fingerprint density at radius 1 is 1.58 bits per heavy atom. The highest BCUT2D eigenvalue weighted by Crippen LogP contribution is 2.12. The van der Waals surface area contributed by atoms with Gasteiger partial charge in [0.05, 0.1) is 0 Å². The molecule has 0 bridgehead atoms. The highest BCUT2D eigenvalue weighted by atomic mass is 15.3. The first-order valence-corrected chi connectivity index (χ1v) is 4.02. The molecule has 0 N–H and O–H groups in total. The van der Waals surface area contributed by atoms with Gasteiger partial charge in [0.25, 0.3) is 0 Å². The van der Waals surface area contributed by atoms with Crippen molar-refractivity contribution in [2.75, 3.05) is 20.1 Å². The van der Waals surface area contributed by atoms with Crippen molar-refractivity contribution in [3.8, 4) is 0 Å². The molecule has 1 aromatic rings. The topological polar surface area (TPSA) is 34.0 Å². The first kappa shape index (κ1) is 7.49. The molecule has 0 fully saturated rings. The molecule has 4 heteroatoms. The van der Waals surface area contributed by atoms with Crippen LogP contribution in [0, 0.1) is 6.33 Å². The highest BCUT2D eigenvalue weighted by Gasteiger charge is 2.09. The van der Waals surface area contributed by atoms with E-state index in [9.17, 15) is 0 Å². The number of aromatic nitrogens is 3. The summed E-state index contributed by atoms with van der Waals surface area (Å²) in [4.78, 5) is 6.05. The smallest absolute Gasteiger partial charge is 0.200 e. The van der Waals surface area contributed by atoms with E-state index in [2.05, 4.69) is 34.4 Å². The SMILES string of the molecule is CN1CC=C(n2[c]ncn2)CC1. The van der Waals surface area contributed by atoms with Crippen LogP contribution in [0.2, 0.25) is 0 Å². The van der Waals surface area contributed by atoms with Crippen molar-refractivity contribution in [2.45, 2.75) is 6.42 Å². The van der Waals surface area contributed by atoms with Crippen LogP contribution in [0.3, 0.4) is 0 Å². The van der Waals surface area contributed by atoms with E-state index < -0.39 is 0 Å². The van der Waals surface area contributed by atoms with Crippen molar-refractivity contribution in [1.82, 2.24) is 19.7 Å². The third-order valence-corrected chi connectivity index (χ3v) is 2.04. The maximum absolute atomic E-state index is 4.03. The van der Waals surface area contributed by atoms with Gasteiger partial charge in [0, 0.05) is 25.2 Å². The summed E-state index contributed by atoms with van der Waals surface area (Å²) in [6.07, 6.45) is 7.49. The van der Waals surface area contributed by atoms with Gasteiger partial charge in [0.15, 0.2) is 0 Å². The lowest BCUT2D eigenvalue weighted by Crippen LogP contribution is -2.25. The van der Waals surface area contributed by atoms with E-state index >= 15 is 0 Å². The summed E-state index contributed by atoms with van der Waals surface area (Å²) < 4.78 is 1.72. The van der Waals surface area contributed by atoms with Crippen molar-refractivity contribution in [3.05, 3.63) is 18.7 Å². The van der Waals surface area contributed by atoms with Crippen molar-refractivity contribution in [3.63, 3.8) is 0 Å². The predicted octanol–water partition coefficient (Wildman–Crippen LogP) is 0.255. The minimum atomic E-state index is 0.989. The zero-order chi connectivity index (χ0) is 8.39. The predicted molar refractivity (Wildman–Crippen MR) is 45.2 cm³/mol. The summed E-state index contributed by atoms with van der Waals surface area (Å²) in [5.74, 6) is 0. The van der Waals surface area contributed by atoms with Gasteiger partial charge in [-0.1, -0.05) is 0 Å². The number of hydrogen-bond acceptors (Lipinski definition) is 3. The Kier molecular flexibility index (Phi) is 1.91. The molecule has 0 aliphatic carbocycles. The lowest BCUT2D eigenvalue weighted by atomic mass is 10.2. The molecule has 12 heavy (non-hydrogen) atoms. The zero-order valence-electron chi connectivity index (χ0n) is 7.06. The Hall–Kier alpha value is -1.16. The number of nitrogens with zero attached hydrogens (tertiary/aromatic N) is 4. The van der Waals surface area contributed by atoms with Gasteiger partial charge >= 0.3 is 0 Å². The summed E-state index contributed by atoms with van der Waals surface area (Å²) in [6, 6.07) is 0. The molecule has 4 nitrogen and oxygen atoms in total. The maximum atomic E-state index is 4.03. The van der Waals surface area contributed by atoms with Crippen LogP contribution in [-0.4, -0.2) is 39.8 Å². The lowest BCUT2D eigenvalue weighted by Gasteiger charge is -2.21. The second-order valence-corrected chi connectivity index (χ2v) is 2.98. The second kappa shape index (κ2) is 3.06. The van der Waals surface area contributed by atoms with Gasteiger partial charge in [-0.3, -0.25) is 0 Å². The summed E-state index contributed by atoms with van der Waals surface area (Å²) in [5, 5.41) is 4.03. The third kappa shape index (κ3) is 1.38. The van der Waals surface area contributed by atoms with Crippen LogP contribution in [-0.2, 0) is 0 Å². The molecule has 1 aliphatic rings. The standard InChI is InChI=1S/C8H11N4/c1-11-4-2-8(3-5-11)12-7-9-6-10-12/h2,6H,3-5H2,1H3. The van der Waals surface area contributed by atoms with Crippen LogP contribution in [0.15, 0.2) is 12.4 Å². The van der Waals surface area contributed by atoms with Crippen LogP contribution in [0.5, 0.6) is 0 Å². The molecular formula is C8H11N4. The molecule has 0 unspecified atom stereocenters. The molecule has 2 rings (SSSR count). The van der Waals surface area contributed by atoms with Crippen molar-refractivity contribution >= 4 is 5.70 Å². The Labute approximate surface area is 71.5 Å². The van der Waals surface area contributed by atoms with Gasteiger partial charge in [0.2, 0.25) is 6.33 Å². The van der Waals surface area contributed by atoms with Crippen molar-refractivity contribution < 1.29 is 0 Å². The summed E-state index contributed by atoms with van der Waals surface area (Å²) in [6.45, 7) is 2.07. The van der Waals surface area contributed by atoms with Gasteiger partial charge in [-0.2, -0.15) is 5.10 Å². The average molecular weight is 163 g/mol. The quantitative estimate of drug-likeness (QED) is 0.595. The molecule has 1 aromatic heterocycles. The zero-order valence-corrected chi connectivity index (χ0v) is 7.06. The van der Waals surface area contributed by atoms with Crippen LogP contribution in [0.25, 0.3) is 5.70 Å². The number of likely N-dealkylation sites (N-methyl/N-ethyl adjacent to an activating group) is 1. The summed E-state index contributed by atoms with van der Waals surface area (Å²) in [7, 11) is 2.11. The Morgan fingerprint density at radius 2 is 2.50 bits per heavy atom. The van der Waals surface area contributed by atoms with E-state index in [-0.39, 0.29) is 0 Å². The summed E-state index contributed by atoms with van der Waals surface area (Å²) in [5.41, 5.74) is 1.20. The van der Waals surface area contributed by atoms with E-state index in [1.54, 1.807) is 4.68 Å². The van der Waals surface area contributed by atoms with Crippen LogP contribution >= 0.6 is 0 Å². The molecule has 1 radical (unpaired) electrons. The molecule has 0 saturated carbocycles. The van der Waals surface area contributed by atoms with Crippen LogP contribution in [0.1, 0.15) is 6.42 Å². The van der Waals surface area contributed by atoms with E-state index in [0.29, 0.717) is 0 Å². The Balaban J connectivity index is 2.16. The van der Waals surface area contributed by atoms with E-state index in [1.807, 2.05) is 0 Å². The van der Waals surface area contributed by atoms with Crippen molar-refractivity contribution in [1.29, 1.82) is 0 Å². The van der Waals surface area contributed by atoms with Gasteiger partial charge in [-0.25, -0.2) is 9.67 Å². The molecule has 2 heterocycles. The summed E-state index contributed by atoms with van der Waals surface area (Å²) >= 11 is 0. The molecule has 63 valence electrons. The van der Waals surface area contributed by atoms with Crippen LogP contribution < -0.4 is 0 Å². The minimum Gasteiger partial charge on any atom is -0.302 e. The minimum absolute atomic E-state index is 0.989. The van der Waals surface area contributed by atoms with Gasteiger partial charge in [-0.15, -0.1) is 0 Å². The van der Waals surface area contributed by atoms with Crippen molar-refractivity contribution in [2.24, 2.45) is 0 Å². The van der Waals surface area contributed by atoms with E-state index in [4.69, 9.17) is 0 Å². The highest BCUT2D eigenvalue weighted by molar-refractivity contribution is 5.44. The Bertz CT molecular complexity index is 275. The maximum Gasteiger partial charge on any atom is 0.200 e. The second-order valence-electron chi connectivity index (χ2n) is 2.98. The van der Waals surface area contributed by atoms with Gasteiger partial charge < -0.3 is 4.90 Å². The Morgan fingerprint density at radius 3 is 3.08 bits per heavy atom. The largest absolute Gasteiger partial charge is 0.302 e. The molecule has 1 aliphatic heterocycles. The van der Waals surface area contributed by atoms with Crippen LogP contribution in [0.4, 0.5) is 0 Å². The van der Waals surface area contributed by atoms with E-state index in [0.717, 1.165) is 19.5 Å².